The van der Waals surface area contributed by atoms with Crippen molar-refractivity contribution in [2.75, 3.05) is 18.0 Å². The van der Waals surface area contributed by atoms with Crippen LogP contribution in [0.4, 0.5) is 5.95 Å². The molecule has 1 aromatic carbocycles. The first-order valence-electron chi connectivity index (χ1n) is 9.72. The number of hydrogen-bond acceptors (Lipinski definition) is 6. The Morgan fingerprint density at radius 2 is 1.93 bits per heavy atom. The summed E-state index contributed by atoms with van der Waals surface area (Å²) in [6.45, 7) is 5.74. The Morgan fingerprint density at radius 3 is 2.62 bits per heavy atom. The Bertz CT molecular complexity index is 1070. The van der Waals surface area contributed by atoms with Crippen molar-refractivity contribution >= 4 is 17.3 Å². The number of anilines is 1. The third-order valence-corrected chi connectivity index (χ3v) is 5.39. The lowest BCUT2D eigenvalue weighted by molar-refractivity contribution is 0.0992. The zero-order valence-electron chi connectivity index (χ0n) is 17.0. The van der Waals surface area contributed by atoms with E-state index in [1.165, 1.54) is 21.5 Å². The van der Waals surface area contributed by atoms with Crippen LogP contribution in [0.15, 0.2) is 48.3 Å². The Hall–Kier alpha value is -3.35. The Morgan fingerprint density at radius 1 is 1.14 bits per heavy atom. The van der Waals surface area contributed by atoms with Crippen LogP contribution >= 0.6 is 0 Å². The van der Waals surface area contributed by atoms with Crippen molar-refractivity contribution in [3.8, 4) is 0 Å². The van der Waals surface area contributed by atoms with Gasteiger partial charge in [-0.15, -0.1) is 5.10 Å². The van der Waals surface area contributed by atoms with Crippen molar-refractivity contribution in [3.63, 3.8) is 0 Å². The van der Waals surface area contributed by atoms with Crippen LogP contribution < -0.4 is 4.90 Å². The Kier molecular flexibility index (Phi) is 5.20. The minimum absolute atomic E-state index is 0.116. The first-order valence-corrected chi connectivity index (χ1v) is 9.72. The van der Waals surface area contributed by atoms with Crippen LogP contribution in [-0.4, -0.2) is 44.1 Å². The molecule has 7 heteroatoms. The fraction of sp³-hybridized carbons (Fsp3) is 0.318. The SMILES string of the molecule is CC1=C(c2ccc(CC(=O)c3ccncc3C)cc2)CN(c2nnn(C)n2)CC1. The predicted molar refractivity (Wildman–Crippen MR) is 112 cm³/mol. The largest absolute Gasteiger partial charge is 0.334 e. The van der Waals surface area contributed by atoms with Gasteiger partial charge in [-0.2, -0.15) is 4.80 Å². The molecule has 0 unspecified atom stereocenters. The number of benzene rings is 1. The molecule has 0 bridgehead atoms. The molecular weight excluding hydrogens is 364 g/mol. The minimum atomic E-state index is 0.116. The fourth-order valence-corrected chi connectivity index (χ4v) is 3.66. The standard InChI is InChI=1S/C22H24N6O/c1-15-9-11-28(22-24-26-27(3)25-22)14-20(15)18-6-4-17(5-7-18)12-21(29)19-8-10-23-13-16(19)2/h4-8,10,13H,9,11-12,14H2,1-3H3. The molecule has 0 spiro atoms. The van der Waals surface area contributed by atoms with Crippen molar-refractivity contribution in [2.24, 2.45) is 7.05 Å². The quantitative estimate of drug-likeness (QED) is 0.626. The van der Waals surface area contributed by atoms with Crippen molar-refractivity contribution in [1.29, 1.82) is 0 Å². The van der Waals surface area contributed by atoms with E-state index >= 15 is 0 Å². The fourth-order valence-electron chi connectivity index (χ4n) is 3.66. The Labute approximate surface area is 170 Å². The molecule has 0 saturated carbocycles. The van der Waals surface area contributed by atoms with Crippen LogP contribution in [0.25, 0.3) is 5.57 Å². The van der Waals surface area contributed by atoms with Crippen LogP contribution in [0.1, 0.15) is 40.4 Å². The molecule has 3 heterocycles. The second-order valence-corrected chi connectivity index (χ2v) is 7.50. The number of pyridine rings is 1. The number of aromatic nitrogens is 5. The lowest BCUT2D eigenvalue weighted by Crippen LogP contribution is -2.31. The van der Waals surface area contributed by atoms with Crippen LogP contribution in [0.2, 0.25) is 0 Å². The van der Waals surface area contributed by atoms with E-state index in [2.05, 4.69) is 44.4 Å². The highest BCUT2D eigenvalue weighted by Crippen LogP contribution is 2.28. The van der Waals surface area contributed by atoms with Crippen molar-refractivity contribution < 1.29 is 4.79 Å². The molecule has 2 aromatic heterocycles. The summed E-state index contributed by atoms with van der Waals surface area (Å²) in [5.74, 6) is 0.776. The van der Waals surface area contributed by atoms with Gasteiger partial charge in [0.2, 0.25) is 0 Å². The number of ketones is 1. The van der Waals surface area contributed by atoms with Gasteiger partial charge in [-0.1, -0.05) is 34.9 Å². The zero-order chi connectivity index (χ0) is 20.4. The van der Waals surface area contributed by atoms with E-state index < -0.39 is 0 Å². The molecule has 0 aliphatic carbocycles. The van der Waals surface area contributed by atoms with E-state index in [1.54, 1.807) is 25.5 Å². The lowest BCUT2D eigenvalue weighted by atomic mass is 9.93. The van der Waals surface area contributed by atoms with Crippen LogP contribution in [0, 0.1) is 6.92 Å². The van der Waals surface area contributed by atoms with Crippen LogP contribution in [0.3, 0.4) is 0 Å². The summed E-state index contributed by atoms with van der Waals surface area (Å²) in [6, 6.07) is 10.1. The molecule has 1 aliphatic heterocycles. The maximum atomic E-state index is 12.6. The second-order valence-electron chi connectivity index (χ2n) is 7.50. The van der Waals surface area contributed by atoms with E-state index in [0.29, 0.717) is 12.4 Å². The van der Waals surface area contributed by atoms with Gasteiger partial charge in [0, 0.05) is 37.5 Å². The molecule has 0 N–H and O–H groups in total. The molecular formula is C22H24N6O. The molecule has 29 heavy (non-hydrogen) atoms. The molecule has 0 saturated heterocycles. The van der Waals surface area contributed by atoms with Gasteiger partial charge in [-0.3, -0.25) is 9.78 Å². The number of aryl methyl sites for hydroxylation is 2. The summed E-state index contributed by atoms with van der Waals surface area (Å²) in [7, 11) is 1.77. The molecule has 148 valence electrons. The van der Waals surface area contributed by atoms with Gasteiger partial charge in [-0.25, -0.2) is 0 Å². The second kappa shape index (κ2) is 7.95. The molecule has 0 atom stereocenters. The third kappa shape index (κ3) is 4.08. The van der Waals surface area contributed by atoms with Gasteiger partial charge in [0.15, 0.2) is 5.78 Å². The molecule has 0 amide bonds. The number of hydrogen-bond donors (Lipinski definition) is 0. The average Bonchev–Trinajstić information content (AvgIpc) is 3.16. The normalized spacial score (nSPS) is 14.4. The summed E-state index contributed by atoms with van der Waals surface area (Å²) in [5.41, 5.74) is 6.49. The van der Waals surface area contributed by atoms with Crippen LogP contribution in [-0.2, 0) is 13.5 Å². The maximum absolute atomic E-state index is 12.6. The van der Waals surface area contributed by atoms with E-state index in [1.807, 2.05) is 19.1 Å². The Balaban J connectivity index is 1.49. The molecule has 0 radical (unpaired) electrons. The highest BCUT2D eigenvalue weighted by Gasteiger charge is 2.21. The molecule has 7 nitrogen and oxygen atoms in total. The van der Waals surface area contributed by atoms with Gasteiger partial charge in [0.1, 0.15) is 0 Å². The number of rotatable bonds is 5. The van der Waals surface area contributed by atoms with E-state index in [0.717, 1.165) is 36.2 Å². The van der Waals surface area contributed by atoms with Gasteiger partial charge in [0.25, 0.3) is 5.95 Å². The highest BCUT2D eigenvalue weighted by molar-refractivity contribution is 5.98. The summed E-state index contributed by atoms with van der Waals surface area (Å²) in [6.07, 6.45) is 4.75. The number of Topliss-reactive ketones (excluding diaryl/α,β-unsaturated/α-hetero) is 1. The summed E-state index contributed by atoms with van der Waals surface area (Å²) in [5, 5.41) is 12.4. The summed E-state index contributed by atoms with van der Waals surface area (Å²) < 4.78 is 0. The molecule has 1 aliphatic rings. The average molecular weight is 388 g/mol. The van der Waals surface area contributed by atoms with E-state index in [-0.39, 0.29) is 5.78 Å². The number of carbonyl (C=O) groups is 1. The smallest absolute Gasteiger partial charge is 0.266 e. The first kappa shape index (κ1) is 19.0. The zero-order valence-corrected chi connectivity index (χ0v) is 17.0. The van der Waals surface area contributed by atoms with Crippen LogP contribution in [0.5, 0.6) is 0 Å². The number of tetrazole rings is 1. The number of nitrogens with zero attached hydrogens (tertiary/aromatic N) is 6. The van der Waals surface area contributed by atoms with Gasteiger partial charge >= 0.3 is 0 Å². The maximum Gasteiger partial charge on any atom is 0.266 e. The molecule has 0 fully saturated rings. The van der Waals surface area contributed by atoms with Gasteiger partial charge in [0.05, 0.1) is 7.05 Å². The van der Waals surface area contributed by atoms with E-state index in [9.17, 15) is 4.79 Å². The van der Waals surface area contributed by atoms with Crippen molar-refractivity contribution in [1.82, 2.24) is 25.2 Å². The lowest BCUT2D eigenvalue weighted by Gasteiger charge is -2.29. The molecule has 4 rings (SSSR count). The van der Waals surface area contributed by atoms with Crippen molar-refractivity contribution in [2.45, 2.75) is 26.7 Å². The summed E-state index contributed by atoms with van der Waals surface area (Å²) in [4.78, 5) is 20.3. The van der Waals surface area contributed by atoms with E-state index in [4.69, 9.17) is 0 Å². The minimum Gasteiger partial charge on any atom is -0.334 e. The predicted octanol–water partition coefficient (Wildman–Crippen LogP) is 3.02. The monoisotopic (exact) mass is 388 g/mol. The molecule has 3 aromatic rings. The summed E-state index contributed by atoms with van der Waals surface area (Å²) >= 11 is 0. The third-order valence-electron chi connectivity index (χ3n) is 5.39. The number of carbonyl (C=O) groups excluding carboxylic acids is 1. The van der Waals surface area contributed by atoms with Gasteiger partial charge < -0.3 is 4.90 Å². The highest BCUT2D eigenvalue weighted by atomic mass is 16.1. The first-order chi connectivity index (χ1) is 14.0. The topological polar surface area (TPSA) is 76.8 Å². The van der Waals surface area contributed by atoms with Crippen molar-refractivity contribution in [3.05, 3.63) is 70.6 Å². The van der Waals surface area contributed by atoms with Gasteiger partial charge in [-0.05, 0) is 53.8 Å².